The molecule has 0 saturated carbocycles. The predicted molar refractivity (Wildman–Crippen MR) is 88.6 cm³/mol. The fourth-order valence-electron chi connectivity index (χ4n) is 1.72. The summed E-state index contributed by atoms with van der Waals surface area (Å²) < 4.78 is 0.544. The maximum atomic E-state index is 6.24. The largest absolute Gasteiger partial charge is 0.240 e. The van der Waals surface area contributed by atoms with E-state index in [1.54, 1.807) is 24.3 Å². The van der Waals surface area contributed by atoms with Crippen LogP contribution in [0.3, 0.4) is 0 Å². The molecule has 0 unspecified atom stereocenters. The van der Waals surface area contributed by atoms with E-state index in [1.165, 1.54) is 17.5 Å². The second-order valence-electron chi connectivity index (χ2n) is 3.98. The SMILES string of the molecule is Clc1ccc(-c2c(Cl)nc(-c3ncc(Cl)s3)nc2Cl)cc1. The van der Waals surface area contributed by atoms with Crippen molar-refractivity contribution < 1.29 is 0 Å². The van der Waals surface area contributed by atoms with Gasteiger partial charge < -0.3 is 0 Å². The normalized spacial score (nSPS) is 10.9. The van der Waals surface area contributed by atoms with Gasteiger partial charge in [-0.2, -0.15) is 0 Å². The summed E-state index contributed by atoms with van der Waals surface area (Å²) in [6.07, 6.45) is 1.53. The van der Waals surface area contributed by atoms with Gasteiger partial charge in [-0.3, -0.25) is 0 Å². The zero-order valence-electron chi connectivity index (χ0n) is 10.1. The summed E-state index contributed by atoms with van der Waals surface area (Å²) in [5, 5.41) is 1.68. The molecule has 0 saturated heterocycles. The van der Waals surface area contributed by atoms with Gasteiger partial charge in [0.1, 0.15) is 14.6 Å². The number of nitrogens with zero attached hydrogens (tertiary/aromatic N) is 3. The van der Waals surface area contributed by atoms with E-state index in [4.69, 9.17) is 46.4 Å². The van der Waals surface area contributed by atoms with Gasteiger partial charge in [0.05, 0.1) is 11.8 Å². The Kier molecular flexibility index (Phi) is 4.33. The van der Waals surface area contributed by atoms with Crippen LogP contribution in [0.25, 0.3) is 22.0 Å². The van der Waals surface area contributed by atoms with Crippen LogP contribution in [0.1, 0.15) is 0 Å². The minimum Gasteiger partial charge on any atom is -0.240 e. The maximum Gasteiger partial charge on any atom is 0.191 e. The van der Waals surface area contributed by atoms with Crippen molar-refractivity contribution in [2.45, 2.75) is 0 Å². The third-order valence-electron chi connectivity index (χ3n) is 2.62. The van der Waals surface area contributed by atoms with Crippen LogP contribution in [0.2, 0.25) is 19.7 Å². The zero-order valence-corrected chi connectivity index (χ0v) is 14.0. The van der Waals surface area contributed by atoms with Crippen molar-refractivity contribution in [3.8, 4) is 22.0 Å². The Morgan fingerprint density at radius 2 is 1.48 bits per heavy atom. The Morgan fingerprint density at radius 3 is 2.00 bits per heavy atom. The fourth-order valence-corrected chi connectivity index (χ4v) is 3.29. The lowest BCUT2D eigenvalue weighted by Crippen LogP contribution is -1.94. The maximum absolute atomic E-state index is 6.24. The molecule has 0 fully saturated rings. The molecule has 106 valence electrons. The van der Waals surface area contributed by atoms with Gasteiger partial charge in [0.15, 0.2) is 10.8 Å². The van der Waals surface area contributed by atoms with Crippen LogP contribution in [-0.2, 0) is 0 Å². The Balaban J connectivity index is 2.10. The van der Waals surface area contributed by atoms with E-state index in [0.29, 0.717) is 25.8 Å². The van der Waals surface area contributed by atoms with Gasteiger partial charge in [-0.05, 0) is 17.7 Å². The van der Waals surface area contributed by atoms with Gasteiger partial charge in [0, 0.05) is 5.02 Å². The summed E-state index contributed by atoms with van der Waals surface area (Å²) in [7, 11) is 0. The second-order valence-corrected chi connectivity index (χ2v) is 6.79. The first kappa shape index (κ1) is 15.0. The van der Waals surface area contributed by atoms with Gasteiger partial charge in [-0.1, -0.05) is 69.9 Å². The molecule has 0 aliphatic carbocycles. The predicted octanol–water partition coefficient (Wildman–Crippen LogP) is 5.88. The molecule has 0 amide bonds. The first-order valence-electron chi connectivity index (χ1n) is 5.65. The minimum absolute atomic E-state index is 0.249. The van der Waals surface area contributed by atoms with E-state index in [2.05, 4.69) is 15.0 Å². The van der Waals surface area contributed by atoms with Crippen LogP contribution >= 0.6 is 57.7 Å². The van der Waals surface area contributed by atoms with Gasteiger partial charge in [0.2, 0.25) is 0 Å². The molecule has 0 bridgehead atoms. The lowest BCUT2D eigenvalue weighted by atomic mass is 10.1. The number of rotatable bonds is 2. The number of thiazole rings is 1. The fraction of sp³-hybridized carbons (Fsp3) is 0. The third-order valence-corrected chi connectivity index (χ3v) is 4.53. The highest BCUT2D eigenvalue weighted by Gasteiger charge is 2.16. The average molecular weight is 377 g/mol. The molecule has 0 N–H and O–H groups in total. The second kappa shape index (κ2) is 6.07. The van der Waals surface area contributed by atoms with Crippen molar-refractivity contribution in [3.63, 3.8) is 0 Å². The van der Waals surface area contributed by atoms with Crippen molar-refractivity contribution in [3.05, 3.63) is 50.1 Å². The van der Waals surface area contributed by atoms with Gasteiger partial charge >= 0.3 is 0 Å². The molecule has 8 heteroatoms. The van der Waals surface area contributed by atoms with Gasteiger partial charge in [-0.25, -0.2) is 15.0 Å². The van der Waals surface area contributed by atoms with Crippen LogP contribution < -0.4 is 0 Å². The monoisotopic (exact) mass is 375 g/mol. The topological polar surface area (TPSA) is 38.7 Å². The smallest absolute Gasteiger partial charge is 0.191 e. The molecule has 1 aromatic carbocycles. The molecule has 21 heavy (non-hydrogen) atoms. The summed E-state index contributed by atoms with van der Waals surface area (Å²) in [5.41, 5.74) is 1.35. The Bertz CT molecular complexity index is 778. The van der Waals surface area contributed by atoms with Crippen molar-refractivity contribution >= 4 is 57.7 Å². The molecular weight excluding hydrogens is 372 g/mol. The highest BCUT2D eigenvalue weighted by molar-refractivity contribution is 7.18. The lowest BCUT2D eigenvalue weighted by molar-refractivity contribution is 1.16. The van der Waals surface area contributed by atoms with E-state index in [-0.39, 0.29) is 10.3 Å². The van der Waals surface area contributed by atoms with Crippen molar-refractivity contribution in [2.75, 3.05) is 0 Å². The molecule has 2 aromatic heterocycles. The molecule has 0 spiro atoms. The van der Waals surface area contributed by atoms with Gasteiger partial charge in [0.25, 0.3) is 0 Å². The molecule has 0 aliphatic heterocycles. The molecule has 3 nitrogen and oxygen atoms in total. The molecular formula is C13H5Cl4N3S. The van der Waals surface area contributed by atoms with Crippen LogP contribution in [0.15, 0.2) is 30.5 Å². The number of aromatic nitrogens is 3. The van der Waals surface area contributed by atoms with Crippen LogP contribution in [-0.4, -0.2) is 15.0 Å². The van der Waals surface area contributed by atoms with Gasteiger partial charge in [-0.15, -0.1) is 0 Å². The molecule has 3 aromatic rings. The van der Waals surface area contributed by atoms with Crippen molar-refractivity contribution in [1.29, 1.82) is 0 Å². The summed E-state index contributed by atoms with van der Waals surface area (Å²) in [5.74, 6) is 0.347. The Labute approximate surface area is 144 Å². The summed E-state index contributed by atoms with van der Waals surface area (Å²) in [6, 6.07) is 7.10. The standard InChI is InChI=1S/C13H5Cl4N3S/c14-7-3-1-6(2-4-7)9-10(16)19-12(20-11(9)17)13-18-5-8(15)21-13/h1-5H. The summed E-state index contributed by atoms with van der Waals surface area (Å²) in [6.45, 7) is 0. The van der Waals surface area contributed by atoms with Crippen LogP contribution in [0.5, 0.6) is 0 Å². The summed E-state index contributed by atoms with van der Waals surface area (Å²) in [4.78, 5) is 12.6. The number of hydrogen-bond donors (Lipinski definition) is 0. The molecule has 3 rings (SSSR count). The molecule has 2 heterocycles. The van der Waals surface area contributed by atoms with E-state index in [1.807, 2.05) is 0 Å². The zero-order chi connectivity index (χ0) is 15.0. The Morgan fingerprint density at radius 1 is 0.857 bits per heavy atom. The van der Waals surface area contributed by atoms with E-state index in [9.17, 15) is 0 Å². The average Bonchev–Trinajstić information content (AvgIpc) is 2.87. The van der Waals surface area contributed by atoms with Crippen LogP contribution in [0.4, 0.5) is 0 Å². The minimum atomic E-state index is 0.249. The van der Waals surface area contributed by atoms with E-state index in [0.717, 1.165) is 5.56 Å². The Hall–Kier alpha value is -0.910. The highest BCUT2D eigenvalue weighted by Crippen LogP contribution is 2.35. The molecule has 0 aliphatic rings. The number of hydrogen-bond acceptors (Lipinski definition) is 4. The first-order chi connectivity index (χ1) is 10.0. The van der Waals surface area contributed by atoms with Crippen LogP contribution in [0, 0.1) is 0 Å². The quantitative estimate of drug-likeness (QED) is 0.524. The lowest BCUT2D eigenvalue weighted by Gasteiger charge is -2.07. The summed E-state index contributed by atoms with van der Waals surface area (Å²) >= 11 is 25.5. The number of halogens is 4. The molecule has 0 radical (unpaired) electrons. The number of benzene rings is 1. The van der Waals surface area contributed by atoms with E-state index >= 15 is 0 Å². The van der Waals surface area contributed by atoms with Crippen molar-refractivity contribution in [1.82, 2.24) is 15.0 Å². The van der Waals surface area contributed by atoms with E-state index < -0.39 is 0 Å². The van der Waals surface area contributed by atoms with Crippen molar-refractivity contribution in [2.24, 2.45) is 0 Å². The first-order valence-corrected chi connectivity index (χ1v) is 7.98. The highest BCUT2D eigenvalue weighted by atomic mass is 35.5. The third kappa shape index (κ3) is 3.15. The molecule has 0 atom stereocenters.